The van der Waals surface area contributed by atoms with Crippen LogP contribution < -0.4 is 10.1 Å². The number of thiophene rings is 1. The van der Waals surface area contributed by atoms with E-state index >= 15 is 0 Å². The van der Waals surface area contributed by atoms with Crippen molar-refractivity contribution in [3.63, 3.8) is 0 Å². The molecule has 6 nitrogen and oxygen atoms in total. The summed E-state index contributed by atoms with van der Waals surface area (Å²) in [5, 5.41) is 5.91. The van der Waals surface area contributed by atoms with Gasteiger partial charge in [0.1, 0.15) is 17.3 Å². The lowest BCUT2D eigenvalue weighted by Gasteiger charge is -2.52. The number of methoxy groups -OCH3 is 1. The molecule has 8 heteroatoms. The van der Waals surface area contributed by atoms with Crippen LogP contribution in [-0.4, -0.2) is 53.4 Å². The molecule has 0 bridgehead atoms. The van der Waals surface area contributed by atoms with Crippen LogP contribution in [0.3, 0.4) is 0 Å². The molecule has 0 radical (unpaired) electrons. The van der Waals surface area contributed by atoms with Crippen LogP contribution in [0, 0.1) is 5.92 Å². The third-order valence-corrected chi connectivity index (χ3v) is 9.55. The molecule has 1 aliphatic carbocycles. The van der Waals surface area contributed by atoms with Gasteiger partial charge in [0.2, 0.25) is 11.8 Å². The van der Waals surface area contributed by atoms with E-state index in [2.05, 4.69) is 16.3 Å². The van der Waals surface area contributed by atoms with Crippen molar-refractivity contribution in [2.75, 3.05) is 20.2 Å². The Hall–Kier alpha value is -2.09. The number of amides is 2. The molecule has 1 saturated carbocycles. The summed E-state index contributed by atoms with van der Waals surface area (Å²) >= 11 is 8.14. The topological polar surface area (TPSA) is 61.9 Å². The molecule has 36 heavy (non-hydrogen) atoms. The molecule has 2 amide bonds. The number of hydrogen-bond donors (Lipinski definition) is 1. The Bertz CT molecular complexity index is 1060. The fourth-order valence-electron chi connectivity index (χ4n) is 6.18. The van der Waals surface area contributed by atoms with Gasteiger partial charge in [-0.1, -0.05) is 55.8 Å². The number of ether oxygens (including phenoxy) is 1. The van der Waals surface area contributed by atoms with Crippen molar-refractivity contribution < 1.29 is 14.3 Å². The highest BCUT2D eigenvalue weighted by Gasteiger charge is 2.53. The smallest absolute Gasteiger partial charge is 0.246 e. The van der Waals surface area contributed by atoms with Crippen LogP contribution in [0.4, 0.5) is 0 Å². The molecule has 1 aromatic carbocycles. The SMILES string of the molecule is COc1ccc(CN2CCC3(CC2)C(=O)NC(CC2CCCCC2)C(=O)N3Cc2cccs2)c(Cl)c1. The van der Waals surface area contributed by atoms with Gasteiger partial charge in [0.25, 0.3) is 0 Å². The first-order chi connectivity index (χ1) is 17.5. The maximum absolute atomic E-state index is 13.9. The molecule has 5 rings (SSSR count). The molecule has 2 aromatic rings. The number of rotatable bonds is 7. The number of piperidine rings is 1. The number of nitrogens with one attached hydrogen (secondary N) is 1. The van der Waals surface area contributed by atoms with E-state index < -0.39 is 11.6 Å². The summed E-state index contributed by atoms with van der Waals surface area (Å²) in [5.41, 5.74) is 0.255. The van der Waals surface area contributed by atoms with Crippen LogP contribution in [0.2, 0.25) is 5.02 Å². The first-order valence-electron chi connectivity index (χ1n) is 13.2. The Kier molecular flexibility index (Phi) is 7.89. The summed E-state index contributed by atoms with van der Waals surface area (Å²) in [4.78, 5) is 33.0. The second kappa shape index (κ2) is 11.1. The van der Waals surface area contributed by atoms with E-state index in [1.54, 1.807) is 18.4 Å². The summed E-state index contributed by atoms with van der Waals surface area (Å²) in [6.07, 6.45) is 8.10. The van der Waals surface area contributed by atoms with E-state index in [4.69, 9.17) is 16.3 Å². The largest absolute Gasteiger partial charge is 0.497 e. The highest BCUT2D eigenvalue weighted by Crippen LogP contribution is 2.37. The summed E-state index contributed by atoms with van der Waals surface area (Å²) in [7, 11) is 1.63. The lowest BCUT2D eigenvalue weighted by Crippen LogP contribution is -2.72. The van der Waals surface area contributed by atoms with E-state index in [9.17, 15) is 9.59 Å². The van der Waals surface area contributed by atoms with Crippen molar-refractivity contribution in [2.24, 2.45) is 5.92 Å². The lowest BCUT2D eigenvalue weighted by atomic mass is 9.79. The molecule has 1 aromatic heterocycles. The minimum absolute atomic E-state index is 0.0293. The van der Waals surface area contributed by atoms with Crippen molar-refractivity contribution in [2.45, 2.75) is 76.0 Å². The number of nitrogens with zero attached hydrogens (tertiary/aromatic N) is 2. The van der Waals surface area contributed by atoms with Crippen molar-refractivity contribution in [1.29, 1.82) is 0 Å². The van der Waals surface area contributed by atoms with Crippen LogP contribution in [0.5, 0.6) is 5.75 Å². The molecule has 1 unspecified atom stereocenters. The van der Waals surface area contributed by atoms with E-state index in [-0.39, 0.29) is 11.8 Å². The highest BCUT2D eigenvalue weighted by molar-refractivity contribution is 7.09. The van der Waals surface area contributed by atoms with Gasteiger partial charge in [-0.15, -0.1) is 11.3 Å². The van der Waals surface area contributed by atoms with Crippen LogP contribution >= 0.6 is 22.9 Å². The fourth-order valence-corrected chi connectivity index (χ4v) is 7.10. The molecule has 1 N–H and O–H groups in total. The first kappa shape index (κ1) is 25.6. The molecule has 2 saturated heterocycles. The van der Waals surface area contributed by atoms with Crippen molar-refractivity contribution in [3.05, 3.63) is 51.2 Å². The second-order valence-electron chi connectivity index (χ2n) is 10.5. The van der Waals surface area contributed by atoms with Crippen molar-refractivity contribution in [1.82, 2.24) is 15.1 Å². The fraction of sp³-hybridized carbons (Fsp3) is 0.571. The van der Waals surface area contributed by atoms with Crippen LogP contribution in [-0.2, 0) is 22.7 Å². The van der Waals surface area contributed by atoms with Crippen LogP contribution in [0.15, 0.2) is 35.7 Å². The molecule has 3 fully saturated rings. The Morgan fingerprint density at radius 1 is 1.11 bits per heavy atom. The lowest BCUT2D eigenvalue weighted by molar-refractivity contribution is -0.162. The summed E-state index contributed by atoms with van der Waals surface area (Å²) < 4.78 is 5.27. The van der Waals surface area contributed by atoms with E-state index in [0.29, 0.717) is 36.9 Å². The zero-order valence-electron chi connectivity index (χ0n) is 21.0. The molecule has 3 heterocycles. The molecule has 194 valence electrons. The molecule has 2 aliphatic heterocycles. The van der Waals surface area contributed by atoms with Gasteiger partial charge in [-0.25, -0.2) is 0 Å². The Balaban J connectivity index is 1.31. The zero-order valence-corrected chi connectivity index (χ0v) is 22.6. The maximum Gasteiger partial charge on any atom is 0.246 e. The predicted molar refractivity (Wildman–Crippen MR) is 143 cm³/mol. The van der Waals surface area contributed by atoms with Gasteiger partial charge in [0.15, 0.2) is 0 Å². The number of carbonyl (C=O) groups excluding carboxylic acids is 2. The minimum Gasteiger partial charge on any atom is -0.497 e. The third kappa shape index (κ3) is 5.29. The number of benzene rings is 1. The number of piperazine rings is 1. The molecule has 1 spiro atoms. The van der Waals surface area contributed by atoms with Gasteiger partial charge >= 0.3 is 0 Å². The number of halogens is 1. The highest BCUT2D eigenvalue weighted by atomic mass is 35.5. The summed E-state index contributed by atoms with van der Waals surface area (Å²) in [5.74, 6) is 1.40. The standard InChI is InChI=1S/C28H36ClN3O3S/c1-35-22-10-9-21(24(29)17-22)18-31-13-11-28(12-14-31)27(34)30-25(16-20-6-3-2-4-7-20)26(33)32(28)19-23-8-5-15-36-23/h5,8-10,15,17,20,25H,2-4,6-7,11-14,16,18-19H2,1H3,(H,30,34). The Labute approximate surface area is 222 Å². The summed E-state index contributed by atoms with van der Waals surface area (Å²) in [6.45, 7) is 2.69. The molecule has 3 aliphatic rings. The molecular weight excluding hydrogens is 494 g/mol. The summed E-state index contributed by atoms with van der Waals surface area (Å²) in [6, 6.07) is 9.44. The van der Waals surface area contributed by atoms with Crippen molar-refractivity contribution in [3.8, 4) is 5.75 Å². The van der Waals surface area contributed by atoms with E-state index in [1.807, 2.05) is 34.5 Å². The monoisotopic (exact) mass is 529 g/mol. The Morgan fingerprint density at radius 3 is 2.56 bits per heavy atom. The van der Waals surface area contributed by atoms with Gasteiger partial charge in [0.05, 0.1) is 13.7 Å². The first-order valence-corrected chi connectivity index (χ1v) is 14.4. The zero-order chi connectivity index (χ0) is 25.1. The van der Waals surface area contributed by atoms with Gasteiger partial charge in [-0.05, 0) is 54.3 Å². The molecule has 1 atom stereocenters. The van der Waals surface area contributed by atoms with Gasteiger partial charge in [-0.3, -0.25) is 14.5 Å². The second-order valence-corrected chi connectivity index (χ2v) is 12.0. The quantitative estimate of drug-likeness (QED) is 0.532. The van der Waals surface area contributed by atoms with Crippen molar-refractivity contribution >= 4 is 34.8 Å². The van der Waals surface area contributed by atoms with Gasteiger partial charge in [0, 0.05) is 29.5 Å². The average molecular weight is 530 g/mol. The number of carbonyl (C=O) groups is 2. The average Bonchev–Trinajstić information content (AvgIpc) is 3.41. The maximum atomic E-state index is 13.9. The minimum atomic E-state index is -0.787. The van der Waals surface area contributed by atoms with Gasteiger partial charge < -0.3 is 15.0 Å². The van der Waals surface area contributed by atoms with E-state index in [0.717, 1.165) is 35.7 Å². The normalized spacial score (nSPS) is 23.2. The number of hydrogen-bond acceptors (Lipinski definition) is 5. The molecular formula is C28H36ClN3O3S. The van der Waals surface area contributed by atoms with E-state index in [1.165, 1.54) is 32.1 Å². The predicted octanol–water partition coefficient (Wildman–Crippen LogP) is 5.24. The Morgan fingerprint density at radius 2 is 1.89 bits per heavy atom. The van der Waals surface area contributed by atoms with Gasteiger partial charge in [-0.2, -0.15) is 0 Å². The van der Waals surface area contributed by atoms with Crippen LogP contribution in [0.25, 0.3) is 0 Å². The third-order valence-electron chi connectivity index (χ3n) is 8.33. The number of likely N-dealkylation sites (tertiary alicyclic amines) is 1. The van der Waals surface area contributed by atoms with Crippen LogP contribution in [0.1, 0.15) is 61.8 Å².